The molecule has 0 spiro atoms. The highest BCUT2D eigenvalue weighted by molar-refractivity contribution is 8.13. The molecule has 0 bridgehead atoms. The van der Waals surface area contributed by atoms with Gasteiger partial charge in [0.05, 0.1) is 0 Å². The number of unbranched alkanes of at least 4 members (excludes halogenated alkanes) is 2. The highest BCUT2D eigenvalue weighted by Gasteiger charge is 2.20. The van der Waals surface area contributed by atoms with Crippen molar-refractivity contribution in [3.05, 3.63) is 29.6 Å². The molecule has 1 amide bonds. The van der Waals surface area contributed by atoms with Crippen LogP contribution in [0.1, 0.15) is 36.5 Å². The van der Waals surface area contributed by atoms with Crippen LogP contribution in [-0.2, 0) is 9.05 Å². The van der Waals surface area contributed by atoms with E-state index < -0.39 is 19.8 Å². The predicted molar refractivity (Wildman–Crippen MR) is 75.9 cm³/mol. The number of carbonyl (C=O) groups excluding carboxylic acids is 1. The number of hydrogen-bond donors (Lipinski definition) is 0. The third kappa shape index (κ3) is 4.45. The fraction of sp³-hybridized carbons (Fsp3) is 0.462. The van der Waals surface area contributed by atoms with Gasteiger partial charge in [-0.1, -0.05) is 19.8 Å². The Balaban J connectivity index is 2.94. The van der Waals surface area contributed by atoms with Crippen LogP contribution < -0.4 is 0 Å². The molecule has 112 valence electrons. The zero-order valence-corrected chi connectivity index (χ0v) is 13.0. The maximum absolute atomic E-state index is 13.4. The van der Waals surface area contributed by atoms with Gasteiger partial charge in [-0.15, -0.1) is 0 Å². The predicted octanol–water partition coefficient (Wildman–Crippen LogP) is 3.02. The maximum atomic E-state index is 13.4. The average molecular weight is 322 g/mol. The molecule has 0 fully saturated rings. The first-order valence-electron chi connectivity index (χ1n) is 6.27. The van der Waals surface area contributed by atoms with Crippen LogP contribution in [-0.4, -0.2) is 32.8 Å². The molecule has 0 unspecified atom stereocenters. The van der Waals surface area contributed by atoms with Crippen molar-refractivity contribution in [3.8, 4) is 0 Å². The molecule has 0 aliphatic heterocycles. The van der Waals surface area contributed by atoms with E-state index in [0.29, 0.717) is 6.54 Å². The topological polar surface area (TPSA) is 54.5 Å². The fourth-order valence-electron chi connectivity index (χ4n) is 1.74. The van der Waals surface area contributed by atoms with Crippen LogP contribution in [0.5, 0.6) is 0 Å². The van der Waals surface area contributed by atoms with Gasteiger partial charge in [-0.3, -0.25) is 4.79 Å². The second-order valence-corrected chi connectivity index (χ2v) is 7.05. The average Bonchev–Trinajstić information content (AvgIpc) is 2.37. The first-order chi connectivity index (χ1) is 9.27. The summed E-state index contributed by atoms with van der Waals surface area (Å²) in [6, 6.07) is 3.15. The van der Waals surface area contributed by atoms with Crippen LogP contribution in [0.2, 0.25) is 0 Å². The van der Waals surface area contributed by atoms with E-state index >= 15 is 0 Å². The molecule has 0 radical (unpaired) electrons. The van der Waals surface area contributed by atoms with E-state index in [1.54, 1.807) is 7.05 Å². The summed E-state index contributed by atoms with van der Waals surface area (Å²) in [6.45, 7) is 2.62. The minimum absolute atomic E-state index is 0.102. The van der Waals surface area contributed by atoms with Crippen molar-refractivity contribution < 1.29 is 17.6 Å². The van der Waals surface area contributed by atoms with E-state index in [0.717, 1.165) is 31.4 Å². The van der Waals surface area contributed by atoms with E-state index in [-0.39, 0.29) is 11.5 Å². The lowest BCUT2D eigenvalue weighted by atomic mass is 10.2. The molecule has 0 saturated heterocycles. The van der Waals surface area contributed by atoms with E-state index in [1.165, 1.54) is 11.0 Å². The molecule has 0 heterocycles. The van der Waals surface area contributed by atoms with Gasteiger partial charge in [-0.05, 0) is 24.6 Å². The van der Waals surface area contributed by atoms with Gasteiger partial charge in [0, 0.05) is 29.8 Å². The second-order valence-electron chi connectivity index (χ2n) is 4.52. The van der Waals surface area contributed by atoms with Gasteiger partial charge in [0.1, 0.15) is 10.7 Å². The largest absolute Gasteiger partial charge is 0.342 e. The Bertz CT molecular complexity index is 589. The van der Waals surface area contributed by atoms with Gasteiger partial charge in [0.25, 0.3) is 15.0 Å². The van der Waals surface area contributed by atoms with Crippen molar-refractivity contribution in [1.29, 1.82) is 0 Å². The molecule has 0 aromatic heterocycles. The van der Waals surface area contributed by atoms with Crippen molar-refractivity contribution >= 4 is 25.6 Å². The maximum Gasteiger partial charge on any atom is 0.264 e. The van der Waals surface area contributed by atoms with Crippen molar-refractivity contribution in [3.63, 3.8) is 0 Å². The number of hydrogen-bond acceptors (Lipinski definition) is 3. The van der Waals surface area contributed by atoms with E-state index in [1.807, 2.05) is 0 Å². The summed E-state index contributed by atoms with van der Waals surface area (Å²) in [4.78, 5) is 12.9. The quantitative estimate of drug-likeness (QED) is 0.598. The van der Waals surface area contributed by atoms with E-state index in [4.69, 9.17) is 10.7 Å². The first kappa shape index (κ1) is 16.9. The first-order valence-corrected chi connectivity index (χ1v) is 8.58. The Morgan fingerprint density at radius 2 is 2.00 bits per heavy atom. The monoisotopic (exact) mass is 321 g/mol. The zero-order valence-electron chi connectivity index (χ0n) is 11.4. The number of carbonyl (C=O) groups is 1. The number of halogens is 2. The van der Waals surface area contributed by atoms with Gasteiger partial charge < -0.3 is 4.90 Å². The van der Waals surface area contributed by atoms with Crippen molar-refractivity contribution in [1.82, 2.24) is 4.90 Å². The van der Waals surface area contributed by atoms with Crippen LogP contribution in [0.15, 0.2) is 23.1 Å². The van der Waals surface area contributed by atoms with Crippen molar-refractivity contribution in [2.45, 2.75) is 31.1 Å². The highest BCUT2D eigenvalue weighted by atomic mass is 35.7. The number of nitrogens with zero attached hydrogens (tertiary/aromatic N) is 1. The summed E-state index contributed by atoms with van der Waals surface area (Å²) in [5.41, 5.74) is 0.102. The Morgan fingerprint density at radius 1 is 1.35 bits per heavy atom. The summed E-state index contributed by atoms with van der Waals surface area (Å²) in [6.07, 6.45) is 2.90. The lowest BCUT2D eigenvalue weighted by molar-refractivity contribution is 0.0792. The fourth-order valence-corrected chi connectivity index (χ4v) is 2.67. The normalized spacial score (nSPS) is 11.4. The van der Waals surface area contributed by atoms with Crippen molar-refractivity contribution in [2.24, 2.45) is 0 Å². The molecular weight excluding hydrogens is 305 g/mol. The molecule has 0 saturated carbocycles. The number of amides is 1. The van der Waals surface area contributed by atoms with Gasteiger partial charge in [0.15, 0.2) is 0 Å². The number of benzene rings is 1. The van der Waals surface area contributed by atoms with Crippen LogP contribution in [0.25, 0.3) is 0 Å². The third-order valence-corrected chi connectivity index (χ3v) is 4.22. The van der Waals surface area contributed by atoms with Crippen LogP contribution >= 0.6 is 10.7 Å². The summed E-state index contributed by atoms with van der Waals surface area (Å²) in [5.74, 6) is -1.33. The van der Waals surface area contributed by atoms with Gasteiger partial charge >= 0.3 is 0 Å². The molecule has 0 aliphatic rings. The zero-order chi connectivity index (χ0) is 15.3. The van der Waals surface area contributed by atoms with Gasteiger partial charge in [0.2, 0.25) is 0 Å². The Morgan fingerprint density at radius 3 is 2.55 bits per heavy atom. The van der Waals surface area contributed by atoms with Crippen LogP contribution in [0, 0.1) is 5.82 Å². The molecule has 1 rings (SSSR count). The summed E-state index contributed by atoms with van der Waals surface area (Å²) >= 11 is 0. The van der Waals surface area contributed by atoms with Crippen LogP contribution in [0.3, 0.4) is 0 Å². The Labute approximate surface area is 123 Å². The SMILES string of the molecule is CCCCCN(C)C(=O)c1ccc(F)c(S(=O)(=O)Cl)c1. The van der Waals surface area contributed by atoms with Crippen molar-refractivity contribution in [2.75, 3.05) is 13.6 Å². The second kappa shape index (κ2) is 7.04. The molecular formula is C13H17ClFNO3S. The standard InChI is InChI=1S/C13H17ClFNO3S/c1-3-4-5-8-16(2)13(17)10-6-7-11(15)12(9-10)20(14,18)19/h6-7,9H,3-5,8H2,1-2H3. The molecule has 0 N–H and O–H groups in total. The number of rotatable bonds is 6. The third-order valence-electron chi connectivity index (χ3n) is 2.88. The summed E-state index contributed by atoms with van der Waals surface area (Å²) in [7, 11) is 2.54. The highest BCUT2D eigenvalue weighted by Crippen LogP contribution is 2.21. The molecule has 0 aliphatic carbocycles. The molecule has 20 heavy (non-hydrogen) atoms. The van der Waals surface area contributed by atoms with Gasteiger partial charge in [-0.2, -0.15) is 0 Å². The molecule has 1 aromatic rings. The summed E-state index contributed by atoms with van der Waals surface area (Å²) < 4.78 is 35.8. The lowest BCUT2D eigenvalue weighted by Gasteiger charge is -2.17. The molecule has 0 atom stereocenters. The molecule has 1 aromatic carbocycles. The lowest BCUT2D eigenvalue weighted by Crippen LogP contribution is -2.27. The molecule has 4 nitrogen and oxygen atoms in total. The smallest absolute Gasteiger partial charge is 0.264 e. The van der Waals surface area contributed by atoms with E-state index in [9.17, 15) is 17.6 Å². The van der Waals surface area contributed by atoms with Crippen LogP contribution in [0.4, 0.5) is 4.39 Å². The Hall–Kier alpha value is -1.14. The minimum Gasteiger partial charge on any atom is -0.342 e. The van der Waals surface area contributed by atoms with E-state index in [2.05, 4.69) is 6.92 Å². The Kier molecular flexibility index (Phi) is 5.95. The molecule has 7 heteroatoms. The summed E-state index contributed by atoms with van der Waals surface area (Å²) in [5, 5.41) is 0. The minimum atomic E-state index is -4.21. The van der Waals surface area contributed by atoms with Gasteiger partial charge in [-0.25, -0.2) is 12.8 Å².